The number of nitro benzene ring substituents is 1. The first-order chi connectivity index (χ1) is 10.0. The number of H-pyrrole nitrogens is 1. The molecule has 7 heteroatoms. The van der Waals surface area contributed by atoms with E-state index < -0.39 is 10.9 Å². The molecule has 0 radical (unpaired) electrons. The molecule has 1 aromatic heterocycles. The molecular weight excluding hydrogens is 274 g/mol. The molecule has 21 heavy (non-hydrogen) atoms. The Labute approximate surface area is 121 Å². The van der Waals surface area contributed by atoms with E-state index in [1.165, 1.54) is 6.07 Å². The highest BCUT2D eigenvalue weighted by Crippen LogP contribution is 2.23. The molecule has 2 aromatic rings. The van der Waals surface area contributed by atoms with E-state index in [1.54, 1.807) is 32.0 Å². The largest absolute Gasteiger partial charge is 0.462 e. The molecular formula is C14H15N3O4. The van der Waals surface area contributed by atoms with Gasteiger partial charge in [-0.15, -0.1) is 0 Å². The van der Waals surface area contributed by atoms with E-state index in [9.17, 15) is 14.9 Å². The number of benzene rings is 1. The van der Waals surface area contributed by atoms with Crippen molar-refractivity contribution in [3.63, 3.8) is 0 Å². The van der Waals surface area contributed by atoms with Crippen molar-refractivity contribution in [3.05, 3.63) is 56.9 Å². The van der Waals surface area contributed by atoms with Crippen LogP contribution in [0, 0.1) is 17.0 Å². The van der Waals surface area contributed by atoms with Gasteiger partial charge in [0.1, 0.15) is 5.56 Å². The summed E-state index contributed by atoms with van der Waals surface area (Å²) in [7, 11) is 0. The third-order valence-corrected chi connectivity index (χ3v) is 3.05. The Kier molecular flexibility index (Phi) is 4.32. The van der Waals surface area contributed by atoms with E-state index in [2.05, 4.69) is 10.2 Å². The zero-order valence-corrected chi connectivity index (χ0v) is 11.8. The lowest BCUT2D eigenvalue weighted by Crippen LogP contribution is -2.09. The van der Waals surface area contributed by atoms with Crippen molar-refractivity contribution in [1.29, 1.82) is 0 Å². The van der Waals surface area contributed by atoms with Gasteiger partial charge < -0.3 is 4.74 Å². The lowest BCUT2D eigenvalue weighted by atomic mass is 10.0. The molecule has 1 N–H and O–H groups in total. The van der Waals surface area contributed by atoms with Crippen molar-refractivity contribution in [1.82, 2.24) is 10.2 Å². The van der Waals surface area contributed by atoms with Crippen LogP contribution < -0.4 is 0 Å². The van der Waals surface area contributed by atoms with Gasteiger partial charge in [-0.3, -0.25) is 15.2 Å². The van der Waals surface area contributed by atoms with Crippen molar-refractivity contribution in [2.24, 2.45) is 0 Å². The van der Waals surface area contributed by atoms with E-state index in [0.717, 1.165) is 0 Å². The molecule has 0 aliphatic heterocycles. The summed E-state index contributed by atoms with van der Waals surface area (Å²) >= 11 is 0. The lowest BCUT2D eigenvalue weighted by molar-refractivity contribution is -0.385. The van der Waals surface area contributed by atoms with Crippen LogP contribution in [0.15, 0.2) is 24.3 Å². The fourth-order valence-corrected chi connectivity index (χ4v) is 2.10. The van der Waals surface area contributed by atoms with E-state index in [0.29, 0.717) is 22.5 Å². The predicted molar refractivity (Wildman–Crippen MR) is 75.2 cm³/mol. The van der Waals surface area contributed by atoms with Crippen LogP contribution in [0.1, 0.15) is 34.2 Å². The summed E-state index contributed by atoms with van der Waals surface area (Å²) in [4.78, 5) is 22.5. The number of aromatic amines is 1. The molecule has 0 saturated heterocycles. The Balaban J connectivity index is 2.37. The minimum absolute atomic E-state index is 0.00737. The van der Waals surface area contributed by atoms with Gasteiger partial charge in [0.25, 0.3) is 5.69 Å². The Morgan fingerprint density at radius 2 is 2.14 bits per heavy atom. The summed E-state index contributed by atoms with van der Waals surface area (Å²) in [6, 6.07) is 6.39. The summed E-state index contributed by atoms with van der Waals surface area (Å²) in [5, 5.41) is 17.8. The van der Waals surface area contributed by atoms with Crippen LogP contribution in [-0.2, 0) is 11.2 Å². The Bertz CT molecular complexity index is 679. The van der Waals surface area contributed by atoms with E-state index in [1.807, 2.05) is 0 Å². The molecule has 110 valence electrons. The monoisotopic (exact) mass is 289 g/mol. The van der Waals surface area contributed by atoms with E-state index >= 15 is 0 Å². The highest BCUT2D eigenvalue weighted by Gasteiger charge is 2.22. The highest BCUT2D eigenvalue weighted by molar-refractivity contribution is 5.92. The second-order valence-electron chi connectivity index (χ2n) is 4.45. The molecule has 0 fully saturated rings. The second kappa shape index (κ2) is 6.17. The van der Waals surface area contributed by atoms with Gasteiger partial charge in [-0.25, -0.2) is 4.79 Å². The highest BCUT2D eigenvalue weighted by atomic mass is 16.6. The number of nitro groups is 1. The van der Waals surface area contributed by atoms with Gasteiger partial charge in [-0.1, -0.05) is 18.2 Å². The number of carbonyl (C=O) groups is 1. The first-order valence-corrected chi connectivity index (χ1v) is 6.47. The van der Waals surface area contributed by atoms with Gasteiger partial charge in [-0.05, 0) is 13.8 Å². The number of ether oxygens (including phenoxy) is 1. The minimum Gasteiger partial charge on any atom is -0.462 e. The standard InChI is InChI=1S/C14H15N3O4/c1-3-21-14(18)13-9(2)15-16-11(13)8-10-6-4-5-7-12(10)17(19)20/h4-7H,3,8H2,1-2H3,(H,15,16). The normalized spacial score (nSPS) is 10.4. The third kappa shape index (κ3) is 3.07. The van der Waals surface area contributed by atoms with Crippen molar-refractivity contribution in [2.75, 3.05) is 6.61 Å². The van der Waals surface area contributed by atoms with Crippen molar-refractivity contribution < 1.29 is 14.5 Å². The SMILES string of the molecule is CCOC(=O)c1c(Cc2ccccc2[N+](=O)[O-])n[nH]c1C. The zero-order chi connectivity index (χ0) is 15.4. The molecule has 0 atom stereocenters. The molecule has 0 saturated carbocycles. The summed E-state index contributed by atoms with van der Waals surface area (Å²) < 4.78 is 4.99. The number of esters is 1. The molecule has 0 aliphatic carbocycles. The van der Waals surface area contributed by atoms with Crippen molar-refractivity contribution in [2.45, 2.75) is 20.3 Å². The van der Waals surface area contributed by atoms with Crippen LogP contribution in [0.2, 0.25) is 0 Å². The number of para-hydroxylation sites is 1. The van der Waals surface area contributed by atoms with Crippen LogP contribution in [0.5, 0.6) is 0 Å². The molecule has 0 aliphatic rings. The minimum atomic E-state index is -0.475. The fraction of sp³-hybridized carbons (Fsp3) is 0.286. The molecule has 1 heterocycles. The quantitative estimate of drug-likeness (QED) is 0.517. The average Bonchev–Trinajstić information content (AvgIpc) is 2.80. The number of hydrogen-bond acceptors (Lipinski definition) is 5. The Morgan fingerprint density at radius 1 is 1.43 bits per heavy atom. The van der Waals surface area contributed by atoms with Crippen LogP contribution in [0.25, 0.3) is 0 Å². The second-order valence-corrected chi connectivity index (χ2v) is 4.45. The summed E-state index contributed by atoms with van der Waals surface area (Å²) in [5.74, 6) is -0.475. The number of carbonyl (C=O) groups excluding carboxylic acids is 1. The number of hydrogen-bond donors (Lipinski definition) is 1. The van der Waals surface area contributed by atoms with Gasteiger partial charge in [0, 0.05) is 23.7 Å². The number of nitrogens with one attached hydrogen (secondary N) is 1. The predicted octanol–water partition coefficient (Wildman–Crippen LogP) is 2.39. The van der Waals surface area contributed by atoms with Gasteiger partial charge >= 0.3 is 5.97 Å². The third-order valence-electron chi connectivity index (χ3n) is 3.05. The Morgan fingerprint density at radius 3 is 2.81 bits per heavy atom. The Hall–Kier alpha value is -2.70. The molecule has 0 amide bonds. The topological polar surface area (TPSA) is 98.1 Å². The first-order valence-electron chi connectivity index (χ1n) is 6.47. The van der Waals surface area contributed by atoms with E-state index in [4.69, 9.17) is 4.74 Å². The number of nitrogens with zero attached hydrogens (tertiary/aromatic N) is 2. The number of aryl methyl sites for hydroxylation is 1. The zero-order valence-electron chi connectivity index (χ0n) is 11.8. The smallest absolute Gasteiger partial charge is 0.341 e. The molecule has 1 aromatic carbocycles. The van der Waals surface area contributed by atoms with Crippen LogP contribution in [0.3, 0.4) is 0 Å². The van der Waals surface area contributed by atoms with Crippen LogP contribution in [-0.4, -0.2) is 27.7 Å². The van der Waals surface area contributed by atoms with E-state index in [-0.39, 0.29) is 18.7 Å². The average molecular weight is 289 g/mol. The molecule has 0 spiro atoms. The maximum absolute atomic E-state index is 11.9. The lowest BCUT2D eigenvalue weighted by Gasteiger charge is -2.04. The summed E-state index contributed by atoms with van der Waals surface area (Å²) in [6.45, 7) is 3.69. The molecule has 7 nitrogen and oxygen atoms in total. The first kappa shape index (κ1) is 14.7. The van der Waals surface area contributed by atoms with Crippen LogP contribution >= 0.6 is 0 Å². The van der Waals surface area contributed by atoms with Gasteiger partial charge in [-0.2, -0.15) is 5.10 Å². The van der Waals surface area contributed by atoms with Crippen molar-refractivity contribution >= 4 is 11.7 Å². The molecule has 0 bridgehead atoms. The summed E-state index contributed by atoms with van der Waals surface area (Å²) in [6.07, 6.45) is 0.190. The number of rotatable bonds is 5. The molecule has 0 unspecified atom stereocenters. The van der Waals surface area contributed by atoms with Crippen LogP contribution in [0.4, 0.5) is 5.69 Å². The fourth-order valence-electron chi connectivity index (χ4n) is 2.10. The van der Waals surface area contributed by atoms with Crippen molar-refractivity contribution in [3.8, 4) is 0 Å². The van der Waals surface area contributed by atoms with Gasteiger partial charge in [0.15, 0.2) is 0 Å². The maximum Gasteiger partial charge on any atom is 0.341 e. The maximum atomic E-state index is 11.9. The van der Waals surface area contributed by atoms with Gasteiger partial charge in [0.2, 0.25) is 0 Å². The molecule has 2 rings (SSSR count). The summed E-state index contributed by atoms with van der Waals surface area (Å²) in [5.41, 5.74) is 1.88. The van der Waals surface area contributed by atoms with Gasteiger partial charge in [0.05, 0.1) is 17.2 Å². The number of aromatic nitrogens is 2.